The van der Waals surface area contributed by atoms with Gasteiger partial charge >= 0.3 is 0 Å². The number of amides is 2. The number of hydrogen-bond acceptors (Lipinski definition) is 4. The second-order valence-corrected chi connectivity index (χ2v) is 7.16. The lowest BCUT2D eigenvalue weighted by atomic mass is 9.98. The molecule has 2 heterocycles. The van der Waals surface area contributed by atoms with Crippen molar-refractivity contribution < 1.29 is 14.3 Å². The van der Waals surface area contributed by atoms with Crippen molar-refractivity contribution in [3.05, 3.63) is 66.0 Å². The number of carbonyl (C=O) groups is 2. The van der Waals surface area contributed by atoms with Gasteiger partial charge < -0.3 is 15.0 Å². The summed E-state index contributed by atoms with van der Waals surface area (Å²) in [5.41, 5.74) is 1.87. The van der Waals surface area contributed by atoms with Crippen LogP contribution in [0.1, 0.15) is 31.0 Å². The summed E-state index contributed by atoms with van der Waals surface area (Å²) in [6.07, 6.45) is 2.69. The van der Waals surface area contributed by atoms with Crippen LogP contribution in [0.5, 0.6) is 0 Å². The van der Waals surface area contributed by atoms with E-state index in [1.165, 1.54) is 0 Å². The molecule has 1 fully saturated rings. The molecule has 1 aromatic carbocycles. The molecule has 1 aliphatic rings. The average molecular weight is 367 g/mol. The zero-order valence-electron chi connectivity index (χ0n) is 15.7. The Morgan fingerprint density at radius 2 is 1.93 bits per heavy atom. The Kier molecular flexibility index (Phi) is 6.19. The van der Waals surface area contributed by atoms with E-state index in [-0.39, 0.29) is 18.4 Å². The normalized spacial score (nSPS) is 19.6. The van der Waals surface area contributed by atoms with E-state index in [1.807, 2.05) is 42.5 Å². The van der Waals surface area contributed by atoms with Gasteiger partial charge in [-0.1, -0.05) is 44.2 Å². The molecular weight excluding hydrogens is 342 g/mol. The van der Waals surface area contributed by atoms with Crippen molar-refractivity contribution >= 4 is 11.8 Å². The summed E-state index contributed by atoms with van der Waals surface area (Å²) >= 11 is 0. The van der Waals surface area contributed by atoms with Crippen LogP contribution >= 0.6 is 0 Å². The van der Waals surface area contributed by atoms with Crippen LogP contribution in [-0.2, 0) is 20.9 Å². The van der Waals surface area contributed by atoms with Gasteiger partial charge in [0.2, 0.25) is 5.91 Å². The summed E-state index contributed by atoms with van der Waals surface area (Å²) in [6.45, 7) is 5.13. The number of hydrogen-bond donors (Lipinski definition) is 1. The number of morpholine rings is 1. The Morgan fingerprint density at radius 1 is 1.22 bits per heavy atom. The number of nitrogens with zero attached hydrogens (tertiary/aromatic N) is 2. The van der Waals surface area contributed by atoms with Gasteiger partial charge in [0.05, 0.1) is 6.04 Å². The fourth-order valence-corrected chi connectivity index (χ4v) is 3.25. The molecule has 2 amide bonds. The van der Waals surface area contributed by atoms with Crippen molar-refractivity contribution in [2.45, 2.75) is 32.5 Å². The van der Waals surface area contributed by atoms with Gasteiger partial charge in [-0.15, -0.1) is 0 Å². The van der Waals surface area contributed by atoms with Gasteiger partial charge in [0.25, 0.3) is 5.91 Å². The van der Waals surface area contributed by atoms with Crippen LogP contribution in [0.25, 0.3) is 0 Å². The van der Waals surface area contributed by atoms with Gasteiger partial charge in [0.15, 0.2) is 6.10 Å². The van der Waals surface area contributed by atoms with Crippen LogP contribution in [0.15, 0.2) is 54.9 Å². The summed E-state index contributed by atoms with van der Waals surface area (Å²) < 4.78 is 5.70. The summed E-state index contributed by atoms with van der Waals surface area (Å²) in [6, 6.07) is 12.8. The first kappa shape index (κ1) is 19.0. The molecule has 0 saturated carbocycles. The number of carbonyl (C=O) groups excluding carboxylic acids is 2. The molecule has 1 N–H and O–H groups in total. The van der Waals surface area contributed by atoms with Crippen molar-refractivity contribution in [3.63, 3.8) is 0 Å². The molecule has 0 bridgehead atoms. The van der Waals surface area contributed by atoms with E-state index in [1.54, 1.807) is 17.3 Å². The Balaban J connectivity index is 1.84. The van der Waals surface area contributed by atoms with E-state index in [9.17, 15) is 9.59 Å². The Hall–Kier alpha value is -2.73. The summed E-state index contributed by atoms with van der Waals surface area (Å²) in [7, 11) is 0. The lowest BCUT2D eigenvalue weighted by Crippen LogP contribution is -2.53. The predicted octanol–water partition coefficient (Wildman–Crippen LogP) is 2.32. The zero-order chi connectivity index (χ0) is 19.2. The topological polar surface area (TPSA) is 71.5 Å². The number of nitrogens with one attached hydrogen (secondary N) is 1. The molecule has 6 nitrogen and oxygen atoms in total. The molecule has 0 aliphatic carbocycles. The first-order chi connectivity index (χ1) is 13.0. The maximum Gasteiger partial charge on any atom is 0.254 e. The molecule has 3 rings (SSSR count). The van der Waals surface area contributed by atoms with Crippen LogP contribution in [0.4, 0.5) is 0 Å². The third-order valence-corrected chi connectivity index (χ3v) is 4.44. The predicted molar refractivity (Wildman–Crippen MR) is 102 cm³/mol. The van der Waals surface area contributed by atoms with Gasteiger partial charge in [-0.25, -0.2) is 0 Å². The van der Waals surface area contributed by atoms with Crippen LogP contribution in [-0.4, -0.2) is 41.0 Å². The van der Waals surface area contributed by atoms with Crippen LogP contribution < -0.4 is 5.32 Å². The highest BCUT2D eigenvalue weighted by Gasteiger charge is 2.38. The van der Waals surface area contributed by atoms with Crippen molar-refractivity contribution in [2.75, 3.05) is 13.2 Å². The molecule has 0 spiro atoms. The number of benzene rings is 1. The Morgan fingerprint density at radius 3 is 2.59 bits per heavy atom. The lowest BCUT2D eigenvalue weighted by molar-refractivity contribution is -0.156. The highest BCUT2D eigenvalue weighted by atomic mass is 16.5. The minimum absolute atomic E-state index is 0.107. The maximum absolute atomic E-state index is 13.4. The van der Waals surface area contributed by atoms with Gasteiger partial charge in [-0.2, -0.15) is 0 Å². The van der Waals surface area contributed by atoms with Crippen molar-refractivity contribution in [3.8, 4) is 0 Å². The Labute approximate surface area is 159 Å². The van der Waals surface area contributed by atoms with Gasteiger partial charge in [0.1, 0.15) is 6.61 Å². The second-order valence-electron chi connectivity index (χ2n) is 7.16. The molecule has 27 heavy (non-hydrogen) atoms. The summed E-state index contributed by atoms with van der Waals surface area (Å²) in [5, 5.41) is 2.91. The average Bonchev–Trinajstić information content (AvgIpc) is 2.68. The molecule has 2 atom stereocenters. The molecule has 1 saturated heterocycles. The van der Waals surface area contributed by atoms with E-state index >= 15 is 0 Å². The molecule has 6 heteroatoms. The highest BCUT2D eigenvalue weighted by Crippen LogP contribution is 2.25. The molecular formula is C21H25N3O3. The first-order valence-electron chi connectivity index (χ1n) is 9.18. The van der Waals surface area contributed by atoms with Crippen LogP contribution in [0.3, 0.4) is 0 Å². The molecule has 0 unspecified atom stereocenters. The lowest BCUT2D eigenvalue weighted by Gasteiger charge is -2.36. The fraction of sp³-hybridized carbons (Fsp3) is 0.381. The van der Waals surface area contributed by atoms with Crippen molar-refractivity contribution in [1.82, 2.24) is 15.2 Å². The molecule has 142 valence electrons. The van der Waals surface area contributed by atoms with E-state index < -0.39 is 12.1 Å². The monoisotopic (exact) mass is 367 g/mol. The van der Waals surface area contributed by atoms with E-state index in [4.69, 9.17) is 4.74 Å². The molecule has 1 aromatic heterocycles. The molecule has 1 aliphatic heterocycles. The van der Waals surface area contributed by atoms with Gasteiger partial charge in [-0.05, 0) is 29.2 Å². The SMILES string of the molecule is CC(C)CN(Cc1ccncc1)C(=O)[C@H]1OCC(=O)N[C@@H]1c1ccccc1. The first-order valence-corrected chi connectivity index (χ1v) is 9.18. The number of rotatable bonds is 6. The summed E-state index contributed by atoms with van der Waals surface area (Å²) in [4.78, 5) is 31.1. The van der Waals surface area contributed by atoms with Crippen LogP contribution in [0.2, 0.25) is 0 Å². The maximum atomic E-state index is 13.4. The third-order valence-electron chi connectivity index (χ3n) is 4.44. The third kappa shape index (κ3) is 4.92. The Bertz CT molecular complexity index is 765. The van der Waals surface area contributed by atoms with E-state index in [0.29, 0.717) is 19.0 Å². The van der Waals surface area contributed by atoms with Gasteiger partial charge in [-0.3, -0.25) is 14.6 Å². The highest BCUT2D eigenvalue weighted by molar-refractivity contribution is 5.86. The second kappa shape index (κ2) is 8.77. The zero-order valence-corrected chi connectivity index (χ0v) is 15.7. The van der Waals surface area contributed by atoms with Crippen molar-refractivity contribution in [1.29, 1.82) is 0 Å². The van der Waals surface area contributed by atoms with Crippen LogP contribution in [0, 0.1) is 5.92 Å². The molecule has 0 radical (unpaired) electrons. The number of ether oxygens (including phenoxy) is 1. The fourth-order valence-electron chi connectivity index (χ4n) is 3.25. The minimum Gasteiger partial charge on any atom is -0.356 e. The van der Waals surface area contributed by atoms with E-state index in [2.05, 4.69) is 24.1 Å². The quantitative estimate of drug-likeness (QED) is 0.851. The standard InChI is InChI=1S/C21H25N3O3/c1-15(2)12-24(13-16-8-10-22-11-9-16)21(26)20-19(23-18(25)14-27-20)17-6-4-3-5-7-17/h3-11,15,19-20H,12-14H2,1-2H3,(H,23,25)/t19-,20+/m1/s1. The smallest absolute Gasteiger partial charge is 0.254 e. The van der Waals surface area contributed by atoms with E-state index in [0.717, 1.165) is 11.1 Å². The number of aromatic nitrogens is 1. The van der Waals surface area contributed by atoms with Gasteiger partial charge in [0, 0.05) is 25.5 Å². The minimum atomic E-state index is -0.745. The molecule has 2 aromatic rings. The summed E-state index contributed by atoms with van der Waals surface area (Å²) in [5.74, 6) is -0.0176. The number of pyridine rings is 1. The largest absolute Gasteiger partial charge is 0.356 e. The van der Waals surface area contributed by atoms with Crippen molar-refractivity contribution in [2.24, 2.45) is 5.92 Å².